The minimum Gasteiger partial charge on any atom is -0.381 e. The molecule has 0 aliphatic heterocycles. The van der Waals surface area contributed by atoms with E-state index in [-0.39, 0.29) is 12.0 Å². The fourth-order valence-electron chi connectivity index (χ4n) is 1.28. The monoisotopic (exact) mass is 178 g/mol. The second-order valence-corrected chi connectivity index (χ2v) is 3.01. The van der Waals surface area contributed by atoms with E-state index in [1.807, 2.05) is 37.3 Å². The number of carbonyl (C=O) groups excluding carboxylic acids is 1. The van der Waals surface area contributed by atoms with Gasteiger partial charge in [0, 0.05) is 7.11 Å². The van der Waals surface area contributed by atoms with Crippen LogP contribution in [-0.4, -0.2) is 19.5 Å². The van der Waals surface area contributed by atoms with Crippen molar-refractivity contribution in [1.82, 2.24) is 0 Å². The zero-order valence-electron chi connectivity index (χ0n) is 7.94. The van der Waals surface area contributed by atoms with Crippen LogP contribution in [0.15, 0.2) is 30.3 Å². The first-order valence-corrected chi connectivity index (χ1v) is 4.32. The molecule has 0 saturated heterocycles. The lowest BCUT2D eigenvalue weighted by molar-refractivity contribution is -0.111. The maximum atomic E-state index is 10.8. The van der Waals surface area contributed by atoms with Crippen molar-refractivity contribution in [3.63, 3.8) is 0 Å². The number of methoxy groups -OCH3 is 1. The van der Waals surface area contributed by atoms with Crippen molar-refractivity contribution < 1.29 is 9.53 Å². The highest BCUT2D eigenvalue weighted by Crippen LogP contribution is 2.18. The van der Waals surface area contributed by atoms with E-state index in [2.05, 4.69) is 0 Å². The van der Waals surface area contributed by atoms with Crippen molar-refractivity contribution in [3.05, 3.63) is 35.9 Å². The van der Waals surface area contributed by atoms with Gasteiger partial charge >= 0.3 is 0 Å². The molecule has 0 radical (unpaired) electrons. The van der Waals surface area contributed by atoms with Gasteiger partial charge in [-0.3, -0.25) is 0 Å². The van der Waals surface area contributed by atoms with Gasteiger partial charge in [0.05, 0.1) is 12.0 Å². The Balaban J connectivity index is 2.84. The number of hydrogen-bond acceptors (Lipinski definition) is 2. The van der Waals surface area contributed by atoms with Crippen LogP contribution < -0.4 is 0 Å². The van der Waals surface area contributed by atoms with Crippen LogP contribution >= 0.6 is 0 Å². The third kappa shape index (κ3) is 2.39. The highest BCUT2D eigenvalue weighted by atomic mass is 16.5. The summed E-state index contributed by atoms with van der Waals surface area (Å²) in [7, 11) is 1.62. The topological polar surface area (TPSA) is 26.3 Å². The summed E-state index contributed by atoms with van der Waals surface area (Å²) in [6.45, 7) is 1.89. The zero-order valence-corrected chi connectivity index (χ0v) is 7.94. The van der Waals surface area contributed by atoms with Crippen LogP contribution in [0.25, 0.3) is 0 Å². The Morgan fingerprint density at radius 3 is 2.38 bits per heavy atom. The van der Waals surface area contributed by atoms with E-state index >= 15 is 0 Å². The quantitative estimate of drug-likeness (QED) is 0.659. The SMILES string of the molecule is COC(C)C(C=O)c1ccccc1. The van der Waals surface area contributed by atoms with Crippen molar-refractivity contribution in [1.29, 1.82) is 0 Å². The molecule has 0 fully saturated rings. The van der Waals surface area contributed by atoms with Gasteiger partial charge < -0.3 is 9.53 Å². The van der Waals surface area contributed by atoms with Crippen molar-refractivity contribution in [3.8, 4) is 0 Å². The average molecular weight is 178 g/mol. The molecule has 2 heteroatoms. The molecule has 2 unspecified atom stereocenters. The molecular weight excluding hydrogens is 164 g/mol. The maximum Gasteiger partial charge on any atom is 0.130 e. The Hall–Kier alpha value is -1.15. The van der Waals surface area contributed by atoms with Crippen LogP contribution in [0.2, 0.25) is 0 Å². The van der Waals surface area contributed by atoms with E-state index in [1.54, 1.807) is 7.11 Å². The molecule has 0 aliphatic rings. The predicted octanol–water partition coefficient (Wildman–Crippen LogP) is 2.00. The summed E-state index contributed by atoms with van der Waals surface area (Å²) in [6, 6.07) is 9.66. The smallest absolute Gasteiger partial charge is 0.130 e. The Bertz CT molecular complexity index is 256. The lowest BCUT2D eigenvalue weighted by Gasteiger charge is -2.17. The van der Waals surface area contributed by atoms with Crippen LogP contribution in [-0.2, 0) is 9.53 Å². The Labute approximate surface area is 78.5 Å². The largest absolute Gasteiger partial charge is 0.381 e. The van der Waals surface area contributed by atoms with E-state index in [1.165, 1.54) is 0 Å². The molecule has 0 aromatic heterocycles. The van der Waals surface area contributed by atoms with Gasteiger partial charge in [-0.15, -0.1) is 0 Å². The molecule has 0 heterocycles. The van der Waals surface area contributed by atoms with E-state index in [4.69, 9.17) is 4.74 Å². The predicted molar refractivity (Wildman–Crippen MR) is 51.7 cm³/mol. The standard InChI is InChI=1S/C11H14O2/c1-9(13-2)11(8-12)10-6-4-3-5-7-10/h3-9,11H,1-2H3. The molecule has 70 valence electrons. The summed E-state index contributed by atoms with van der Waals surface area (Å²) in [6.07, 6.45) is 0.864. The average Bonchev–Trinajstić information content (AvgIpc) is 2.20. The first-order chi connectivity index (χ1) is 6.29. The minimum atomic E-state index is -0.161. The van der Waals surface area contributed by atoms with Crippen LogP contribution in [0.1, 0.15) is 18.4 Å². The van der Waals surface area contributed by atoms with Crippen LogP contribution in [0.3, 0.4) is 0 Å². The number of ether oxygens (including phenoxy) is 1. The fraction of sp³-hybridized carbons (Fsp3) is 0.364. The van der Waals surface area contributed by atoms with Gasteiger partial charge in [0.2, 0.25) is 0 Å². The minimum absolute atomic E-state index is 0.0695. The summed E-state index contributed by atoms with van der Waals surface area (Å²) < 4.78 is 5.13. The Morgan fingerprint density at radius 2 is 1.92 bits per heavy atom. The molecule has 0 aliphatic carbocycles. The molecule has 0 amide bonds. The second-order valence-electron chi connectivity index (χ2n) is 3.01. The van der Waals surface area contributed by atoms with Gasteiger partial charge in [-0.1, -0.05) is 30.3 Å². The molecule has 0 N–H and O–H groups in total. The van der Waals surface area contributed by atoms with Crippen molar-refractivity contribution >= 4 is 6.29 Å². The lowest BCUT2D eigenvalue weighted by Crippen LogP contribution is -2.18. The highest BCUT2D eigenvalue weighted by molar-refractivity contribution is 5.63. The summed E-state index contributed by atoms with van der Waals surface area (Å²) in [5.41, 5.74) is 1.01. The van der Waals surface area contributed by atoms with E-state index in [0.717, 1.165) is 11.8 Å². The summed E-state index contributed by atoms with van der Waals surface area (Å²) in [4.78, 5) is 10.8. The van der Waals surface area contributed by atoms with Gasteiger partial charge in [-0.2, -0.15) is 0 Å². The molecule has 13 heavy (non-hydrogen) atoms. The zero-order chi connectivity index (χ0) is 9.68. The molecule has 0 bridgehead atoms. The van der Waals surface area contributed by atoms with Gasteiger partial charge in [-0.25, -0.2) is 0 Å². The van der Waals surface area contributed by atoms with E-state index < -0.39 is 0 Å². The molecule has 1 aromatic carbocycles. The molecule has 2 nitrogen and oxygen atoms in total. The second kappa shape index (κ2) is 4.77. The van der Waals surface area contributed by atoms with Gasteiger partial charge in [0.1, 0.15) is 6.29 Å². The molecule has 1 aromatic rings. The molecule has 1 rings (SSSR count). The molecular formula is C11H14O2. The number of benzene rings is 1. The summed E-state index contributed by atoms with van der Waals surface area (Å²) >= 11 is 0. The fourth-order valence-corrected chi connectivity index (χ4v) is 1.28. The van der Waals surface area contributed by atoms with Crippen LogP contribution in [0.4, 0.5) is 0 Å². The number of carbonyl (C=O) groups is 1. The third-order valence-electron chi connectivity index (χ3n) is 2.21. The van der Waals surface area contributed by atoms with Crippen LogP contribution in [0.5, 0.6) is 0 Å². The molecule has 2 atom stereocenters. The summed E-state index contributed by atoms with van der Waals surface area (Å²) in [5, 5.41) is 0. The highest BCUT2D eigenvalue weighted by Gasteiger charge is 2.17. The lowest BCUT2D eigenvalue weighted by atomic mass is 9.96. The Morgan fingerprint density at radius 1 is 1.31 bits per heavy atom. The third-order valence-corrected chi connectivity index (χ3v) is 2.21. The molecule has 0 spiro atoms. The first-order valence-electron chi connectivity index (χ1n) is 4.32. The van der Waals surface area contributed by atoms with Crippen LogP contribution in [0, 0.1) is 0 Å². The normalized spacial score (nSPS) is 14.9. The van der Waals surface area contributed by atoms with Gasteiger partial charge in [-0.05, 0) is 12.5 Å². The Kier molecular flexibility index (Phi) is 3.65. The van der Waals surface area contributed by atoms with Gasteiger partial charge in [0.25, 0.3) is 0 Å². The number of rotatable bonds is 4. The summed E-state index contributed by atoms with van der Waals surface area (Å²) in [5.74, 6) is -0.161. The molecule has 0 saturated carbocycles. The first kappa shape index (κ1) is 9.93. The maximum absolute atomic E-state index is 10.8. The van der Waals surface area contributed by atoms with E-state index in [9.17, 15) is 4.79 Å². The number of hydrogen-bond donors (Lipinski definition) is 0. The van der Waals surface area contributed by atoms with Gasteiger partial charge in [0.15, 0.2) is 0 Å². The van der Waals surface area contributed by atoms with Crippen molar-refractivity contribution in [2.75, 3.05) is 7.11 Å². The van der Waals surface area contributed by atoms with E-state index in [0.29, 0.717) is 0 Å². The number of aldehydes is 1. The van der Waals surface area contributed by atoms with Crippen molar-refractivity contribution in [2.24, 2.45) is 0 Å². The van der Waals surface area contributed by atoms with Crippen molar-refractivity contribution in [2.45, 2.75) is 18.9 Å².